The third-order valence-electron chi connectivity index (χ3n) is 3.24. The second-order valence-electron chi connectivity index (χ2n) is 3.74. The lowest BCUT2D eigenvalue weighted by molar-refractivity contribution is -0.142. The molecule has 1 atom stereocenters. The third-order valence-corrected chi connectivity index (χ3v) is 3.24. The largest absolute Gasteiger partial charge is 0.480 e. The van der Waals surface area contributed by atoms with E-state index in [2.05, 4.69) is 5.32 Å². The maximum atomic E-state index is 11.2. The predicted octanol–water partition coefficient (Wildman–Crippen LogP) is 0.0173. The van der Waals surface area contributed by atoms with Crippen LogP contribution in [-0.4, -0.2) is 40.6 Å². The molecule has 2 N–H and O–H groups in total. The van der Waals surface area contributed by atoms with Crippen LogP contribution in [0.3, 0.4) is 0 Å². The van der Waals surface area contributed by atoms with Gasteiger partial charge in [-0.15, -0.1) is 0 Å². The molecule has 72 valence electrons. The first-order valence-electron chi connectivity index (χ1n) is 4.35. The minimum absolute atomic E-state index is 0.271. The van der Waals surface area contributed by atoms with E-state index in [4.69, 9.17) is 5.11 Å². The van der Waals surface area contributed by atoms with Gasteiger partial charge in [-0.25, -0.2) is 9.59 Å². The van der Waals surface area contributed by atoms with Gasteiger partial charge in [0.25, 0.3) is 0 Å². The fourth-order valence-electron chi connectivity index (χ4n) is 2.21. The average molecular weight is 184 g/mol. The number of hydrogen-bond acceptors (Lipinski definition) is 2. The lowest BCUT2D eigenvalue weighted by Gasteiger charge is -2.44. The highest BCUT2D eigenvalue weighted by atomic mass is 16.4. The first kappa shape index (κ1) is 8.34. The Morgan fingerprint density at radius 1 is 1.69 bits per heavy atom. The first-order valence-corrected chi connectivity index (χ1v) is 4.35. The maximum Gasteiger partial charge on any atom is 0.328 e. The highest BCUT2D eigenvalue weighted by Gasteiger charge is 2.57. The molecular formula is C8H12N2O3. The van der Waals surface area contributed by atoms with Crippen molar-refractivity contribution in [2.24, 2.45) is 0 Å². The number of rotatable bonds is 1. The van der Waals surface area contributed by atoms with Gasteiger partial charge in [0.2, 0.25) is 0 Å². The highest BCUT2D eigenvalue weighted by Crippen LogP contribution is 2.42. The molecule has 1 aliphatic carbocycles. The molecular weight excluding hydrogens is 172 g/mol. The summed E-state index contributed by atoms with van der Waals surface area (Å²) in [7, 11) is 1.66. The third kappa shape index (κ3) is 0.868. The highest BCUT2D eigenvalue weighted by molar-refractivity contribution is 5.89. The van der Waals surface area contributed by atoms with Gasteiger partial charge in [-0.1, -0.05) is 0 Å². The summed E-state index contributed by atoms with van der Waals surface area (Å²) in [5.74, 6) is -0.933. The quantitative estimate of drug-likeness (QED) is 0.603. The maximum absolute atomic E-state index is 11.2. The minimum atomic E-state index is -0.933. The molecule has 0 aromatic rings. The van der Waals surface area contributed by atoms with E-state index < -0.39 is 17.6 Å². The van der Waals surface area contributed by atoms with Crippen LogP contribution in [0.15, 0.2) is 0 Å². The standard InChI is InChI=1S/C8H12N2O3/c1-10-7(13)9-5(6(11)12)8(10)3-2-4-8/h5H,2-4H2,1H3,(H,9,13)(H,11,12). The number of hydrogen-bond donors (Lipinski definition) is 2. The zero-order valence-electron chi connectivity index (χ0n) is 7.41. The Morgan fingerprint density at radius 2 is 2.31 bits per heavy atom. The average Bonchev–Trinajstić information content (AvgIpc) is 2.24. The van der Waals surface area contributed by atoms with E-state index in [1.54, 1.807) is 7.05 Å². The van der Waals surface area contributed by atoms with Crippen LogP contribution in [0, 0.1) is 0 Å². The monoisotopic (exact) mass is 184 g/mol. The molecule has 1 saturated carbocycles. The molecule has 1 saturated heterocycles. The van der Waals surface area contributed by atoms with E-state index in [0.29, 0.717) is 0 Å². The van der Waals surface area contributed by atoms with Crippen molar-refractivity contribution in [1.82, 2.24) is 10.2 Å². The van der Waals surface area contributed by atoms with Gasteiger partial charge in [0.1, 0.15) is 0 Å². The van der Waals surface area contributed by atoms with E-state index in [1.165, 1.54) is 4.90 Å². The number of aliphatic carboxylic acids is 1. The van der Waals surface area contributed by atoms with E-state index in [9.17, 15) is 9.59 Å². The predicted molar refractivity (Wildman–Crippen MR) is 44.3 cm³/mol. The number of likely N-dealkylation sites (N-methyl/N-ethyl adjacent to an activating group) is 1. The summed E-state index contributed by atoms with van der Waals surface area (Å²) in [4.78, 5) is 23.6. The number of urea groups is 1. The number of nitrogens with zero attached hydrogens (tertiary/aromatic N) is 1. The molecule has 1 spiro atoms. The van der Waals surface area contributed by atoms with E-state index >= 15 is 0 Å². The number of carboxylic acids is 1. The van der Waals surface area contributed by atoms with Gasteiger partial charge < -0.3 is 15.3 Å². The Labute approximate surface area is 75.7 Å². The summed E-state index contributed by atoms with van der Waals surface area (Å²) in [5, 5.41) is 11.4. The van der Waals surface area contributed by atoms with E-state index in [-0.39, 0.29) is 6.03 Å². The Balaban J connectivity index is 2.29. The number of carboxylic acid groups (broad SMARTS) is 1. The normalized spacial score (nSPS) is 30.1. The Kier molecular flexibility index (Phi) is 1.52. The van der Waals surface area contributed by atoms with Crippen molar-refractivity contribution in [3.05, 3.63) is 0 Å². The van der Waals surface area contributed by atoms with Crippen LogP contribution in [0.25, 0.3) is 0 Å². The summed E-state index contributed by atoms with van der Waals surface area (Å²) >= 11 is 0. The Hall–Kier alpha value is -1.26. The van der Waals surface area contributed by atoms with Crippen molar-refractivity contribution < 1.29 is 14.7 Å². The molecule has 0 aromatic heterocycles. The molecule has 1 heterocycles. The van der Waals surface area contributed by atoms with Crippen molar-refractivity contribution in [1.29, 1.82) is 0 Å². The molecule has 5 heteroatoms. The molecule has 2 aliphatic rings. The van der Waals surface area contributed by atoms with Gasteiger partial charge in [-0.3, -0.25) is 0 Å². The lowest BCUT2D eigenvalue weighted by atomic mass is 9.71. The summed E-state index contributed by atoms with van der Waals surface area (Å²) in [5.41, 5.74) is -0.442. The van der Waals surface area contributed by atoms with Gasteiger partial charge in [0.15, 0.2) is 6.04 Å². The van der Waals surface area contributed by atoms with Crippen LogP contribution in [-0.2, 0) is 4.79 Å². The second-order valence-corrected chi connectivity index (χ2v) is 3.74. The van der Waals surface area contributed by atoms with Gasteiger partial charge in [-0.05, 0) is 19.3 Å². The molecule has 2 fully saturated rings. The number of carbonyl (C=O) groups is 2. The van der Waals surface area contributed by atoms with E-state index in [1.807, 2.05) is 0 Å². The smallest absolute Gasteiger partial charge is 0.328 e. The molecule has 0 aromatic carbocycles. The van der Waals surface area contributed by atoms with Crippen LogP contribution in [0.5, 0.6) is 0 Å². The zero-order chi connectivity index (χ0) is 9.64. The molecule has 13 heavy (non-hydrogen) atoms. The number of carbonyl (C=O) groups excluding carboxylic acids is 1. The number of nitrogens with one attached hydrogen (secondary N) is 1. The van der Waals surface area contributed by atoms with Crippen LogP contribution in [0.4, 0.5) is 4.79 Å². The van der Waals surface area contributed by atoms with E-state index in [0.717, 1.165) is 19.3 Å². The van der Waals surface area contributed by atoms with Crippen molar-refractivity contribution >= 4 is 12.0 Å². The first-order chi connectivity index (χ1) is 6.08. The summed E-state index contributed by atoms with van der Waals surface area (Å²) in [6, 6.07) is -0.995. The topological polar surface area (TPSA) is 69.6 Å². The Bertz CT molecular complexity index is 273. The van der Waals surface area contributed by atoms with Gasteiger partial charge >= 0.3 is 12.0 Å². The summed E-state index contributed by atoms with van der Waals surface area (Å²) in [6.45, 7) is 0. The van der Waals surface area contributed by atoms with Crippen LogP contribution in [0.2, 0.25) is 0 Å². The zero-order valence-corrected chi connectivity index (χ0v) is 7.41. The second kappa shape index (κ2) is 2.37. The minimum Gasteiger partial charge on any atom is -0.480 e. The van der Waals surface area contributed by atoms with Gasteiger partial charge in [0.05, 0.1) is 5.54 Å². The molecule has 2 amide bonds. The van der Waals surface area contributed by atoms with Gasteiger partial charge in [0, 0.05) is 7.05 Å². The molecule has 0 bridgehead atoms. The fraction of sp³-hybridized carbons (Fsp3) is 0.750. The summed E-state index contributed by atoms with van der Waals surface area (Å²) in [6.07, 6.45) is 2.58. The van der Waals surface area contributed by atoms with Gasteiger partial charge in [-0.2, -0.15) is 0 Å². The van der Waals surface area contributed by atoms with Crippen molar-refractivity contribution in [2.75, 3.05) is 7.05 Å². The molecule has 1 unspecified atom stereocenters. The van der Waals surface area contributed by atoms with Crippen LogP contribution < -0.4 is 5.32 Å². The fourth-order valence-corrected chi connectivity index (χ4v) is 2.21. The SMILES string of the molecule is CN1C(=O)NC(C(=O)O)C12CCC2. The molecule has 0 radical (unpaired) electrons. The number of amides is 2. The lowest BCUT2D eigenvalue weighted by Crippen LogP contribution is -2.58. The van der Waals surface area contributed by atoms with Crippen molar-refractivity contribution in [2.45, 2.75) is 30.8 Å². The van der Waals surface area contributed by atoms with Crippen molar-refractivity contribution in [3.63, 3.8) is 0 Å². The molecule has 5 nitrogen and oxygen atoms in total. The van der Waals surface area contributed by atoms with Crippen molar-refractivity contribution in [3.8, 4) is 0 Å². The van der Waals surface area contributed by atoms with Crippen LogP contribution >= 0.6 is 0 Å². The summed E-state index contributed by atoms with van der Waals surface area (Å²) < 4.78 is 0. The Morgan fingerprint density at radius 3 is 2.62 bits per heavy atom. The molecule has 2 rings (SSSR count). The molecule has 1 aliphatic heterocycles. The van der Waals surface area contributed by atoms with Crippen LogP contribution in [0.1, 0.15) is 19.3 Å².